The Morgan fingerprint density at radius 2 is 2.19 bits per heavy atom. The molecule has 1 N–H and O–H groups in total. The van der Waals surface area contributed by atoms with Crippen LogP contribution in [0.15, 0.2) is 34.0 Å². The van der Waals surface area contributed by atoms with E-state index in [9.17, 15) is 14.4 Å². The normalized spacial score (nSPS) is 14.7. The first kappa shape index (κ1) is 19.4. The van der Waals surface area contributed by atoms with Crippen LogP contribution >= 0.6 is 23.1 Å². The molecule has 1 aromatic carbocycles. The molecule has 1 aliphatic rings. The zero-order chi connectivity index (χ0) is 19.4. The molecule has 0 aliphatic carbocycles. The molecule has 0 spiro atoms. The Hall–Kier alpha value is -2.39. The smallest absolute Gasteiger partial charge is 0.339 e. The number of thioether (sulfide) groups is 1. The Morgan fingerprint density at radius 1 is 1.41 bits per heavy atom. The first-order valence-corrected chi connectivity index (χ1v) is 10.2. The van der Waals surface area contributed by atoms with Gasteiger partial charge in [0, 0.05) is 29.9 Å². The third-order valence-corrected chi connectivity index (χ3v) is 6.13. The standard InChI is InChI=1S/C18H19N3O4S2/c1-11-9-26-18(20-11)27-10-13-5-3-4-6-14(13)16(23)25-12(2)15(22)21-8-7-19-17(21)24/h3-6,9,12H,7-8,10H2,1-2H3,(H,19,24)/t12-/m1/s1. The summed E-state index contributed by atoms with van der Waals surface area (Å²) < 4.78 is 6.25. The number of esters is 1. The van der Waals surface area contributed by atoms with E-state index in [1.165, 1.54) is 6.92 Å². The summed E-state index contributed by atoms with van der Waals surface area (Å²) in [5.74, 6) is -0.542. The average molecular weight is 406 g/mol. The van der Waals surface area contributed by atoms with E-state index >= 15 is 0 Å². The summed E-state index contributed by atoms with van der Waals surface area (Å²) in [6, 6.07) is 6.66. The first-order chi connectivity index (χ1) is 13.0. The zero-order valence-corrected chi connectivity index (χ0v) is 16.6. The third kappa shape index (κ3) is 4.67. The summed E-state index contributed by atoms with van der Waals surface area (Å²) in [7, 11) is 0. The van der Waals surface area contributed by atoms with E-state index in [1.807, 2.05) is 24.4 Å². The van der Waals surface area contributed by atoms with Crippen molar-refractivity contribution in [3.05, 3.63) is 46.5 Å². The van der Waals surface area contributed by atoms with E-state index in [0.29, 0.717) is 17.9 Å². The maximum atomic E-state index is 12.6. The largest absolute Gasteiger partial charge is 0.449 e. The molecule has 1 fully saturated rings. The molecule has 1 atom stereocenters. The lowest BCUT2D eigenvalue weighted by Crippen LogP contribution is -2.41. The summed E-state index contributed by atoms with van der Waals surface area (Å²) in [6.45, 7) is 4.09. The molecule has 3 rings (SSSR count). The fourth-order valence-corrected chi connectivity index (χ4v) is 4.41. The molecule has 0 unspecified atom stereocenters. The molecule has 0 saturated carbocycles. The highest BCUT2D eigenvalue weighted by molar-refractivity contribution is 8.00. The fraction of sp³-hybridized carbons (Fsp3) is 0.333. The van der Waals surface area contributed by atoms with E-state index in [0.717, 1.165) is 20.5 Å². The van der Waals surface area contributed by atoms with Gasteiger partial charge in [-0.1, -0.05) is 30.0 Å². The van der Waals surface area contributed by atoms with Gasteiger partial charge in [0.05, 0.1) is 5.56 Å². The number of thiazole rings is 1. The zero-order valence-electron chi connectivity index (χ0n) is 14.9. The number of hydrogen-bond acceptors (Lipinski definition) is 7. The minimum absolute atomic E-state index is 0.278. The molecule has 0 radical (unpaired) electrons. The van der Waals surface area contributed by atoms with Gasteiger partial charge < -0.3 is 10.1 Å². The summed E-state index contributed by atoms with van der Waals surface area (Å²) >= 11 is 3.10. The summed E-state index contributed by atoms with van der Waals surface area (Å²) in [5, 5.41) is 4.53. The van der Waals surface area contributed by atoms with Crippen LogP contribution < -0.4 is 5.32 Å². The number of carbonyl (C=O) groups is 3. The van der Waals surface area contributed by atoms with Gasteiger partial charge in [-0.05, 0) is 25.5 Å². The minimum atomic E-state index is -1.04. The molecular formula is C18H19N3O4S2. The van der Waals surface area contributed by atoms with Gasteiger partial charge in [0.1, 0.15) is 4.34 Å². The molecule has 2 aromatic rings. The second-order valence-corrected chi connectivity index (χ2v) is 8.05. The van der Waals surface area contributed by atoms with Crippen molar-refractivity contribution in [2.45, 2.75) is 30.0 Å². The maximum Gasteiger partial charge on any atom is 0.339 e. The van der Waals surface area contributed by atoms with Crippen LogP contribution in [0.3, 0.4) is 0 Å². The lowest BCUT2D eigenvalue weighted by atomic mass is 10.1. The molecule has 7 nitrogen and oxygen atoms in total. The van der Waals surface area contributed by atoms with Crippen molar-refractivity contribution in [1.29, 1.82) is 0 Å². The number of amides is 3. The van der Waals surface area contributed by atoms with Crippen LogP contribution in [0.25, 0.3) is 0 Å². The highest BCUT2D eigenvalue weighted by Crippen LogP contribution is 2.27. The van der Waals surface area contributed by atoms with Gasteiger partial charge in [-0.2, -0.15) is 0 Å². The second kappa shape index (κ2) is 8.53. The molecule has 142 valence electrons. The third-order valence-electron chi connectivity index (χ3n) is 3.94. The van der Waals surface area contributed by atoms with Crippen molar-refractivity contribution >= 4 is 41.0 Å². The summed E-state index contributed by atoms with van der Waals surface area (Å²) in [6.07, 6.45) is -1.04. The molecule has 27 heavy (non-hydrogen) atoms. The Morgan fingerprint density at radius 3 is 2.85 bits per heavy atom. The van der Waals surface area contributed by atoms with Crippen LogP contribution in [0.2, 0.25) is 0 Å². The number of aryl methyl sites for hydroxylation is 1. The molecule has 2 heterocycles. The van der Waals surface area contributed by atoms with Crippen molar-refractivity contribution in [2.24, 2.45) is 0 Å². The Balaban J connectivity index is 1.65. The van der Waals surface area contributed by atoms with Gasteiger partial charge in [-0.15, -0.1) is 11.3 Å². The quantitative estimate of drug-likeness (QED) is 0.587. The first-order valence-electron chi connectivity index (χ1n) is 8.38. The van der Waals surface area contributed by atoms with Crippen molar-refractivity contribution in [1.82, 2.24) is 15.2 Å². The van der Waals surface area contributed by atoms with E-state index < -0.39 is 24.0 Å². The highest BCUT2D eigenvalue weighted by atomic mass is 32.2. The van der Waals surface area contributed by atoms with Gasteiger partial charge in [-0.3, -0.25) is 9.69 Å². The molecule has 9 heteroatoms. The van der Waals surface area contributed by atoms with Crippen molar-refractivity contribution < 1.29 is 19.1 Å². The number of benzene rings is 1. The number of urea groups is 1. The van der Waals surface area contributed by atoms with Crippen LogP contribution in [0, 0.1) is 6.92 Å². The molecule has 3 amide bonds. The number of hydrogen-bond donors (Lipinski definition) is 1. The van der Waals surface area contributed by atoms with Gasteiger partial charge in [0.2, 0.25) is 0 Å². The summed E-state index contributed by atoms with van der Waals surface area (Å²) in [4.78, 5) is 41.9. The number of imide groups is 1. The topological polar surface area (TPSA) is 88.6 Å². The number of nitrogens with one attached hydrogen (secondary N) is 1. The number of rotatable bonds is 6. The van der Waals surface area contributed by atoms with Crippen LogP contribution in [-0.2, 0) is 15.3 Å². The summed E-state index contributed by atoms with van der Waals surface area (Å²) in [5.41, 5.74) is 2.18. The lowest BCUT2D eigenvalue weighted by Gasteiger charge is -2.18. The molecule has 0 bridgehead atoms. The molecular weight excluding hydrogens is 386 g/mol. The predicted octanol–water partition coefficient (Wildman–Crippen LogP) is 2.84. The van der Waals surface area contributed by atoms with E-state index in [2.05, 4.69) is 10.3 Å². The number of ether oxygens (including phenoxy) is 1. The number of aromatic nitrogens is 1. The minimum Gasteiger partial charge on any atom is -0.449 e. The number of carbonyl (C=O) groups excluding carboxylic acids is 3. The number of nitrogens with zero attached hydrogens (tertiary/aromatic N) is 2. The van der Waals surface area contributed by atoms with Crippen LogP contribution in [0.5, 0.6) is 0 Å². The van der Waals surface area contributed by atoms with Gasteiger partial charge in [0.25, 0.3) is 5.91 Å². The van der Waals surface area contributed by atoms with Gasteiger partial charge >= 0.3 is 12.0 Å². The van der Waals surface area contributed by atoms with Gasteiger partial charge in [0.15, 0.2) is 6.10 Å². The van der Waals surface area contributed by atoms with Gasteiger partial charge in [-0.25, -0.2) is 14.6 Å². The predicted molar refractivity (Wildman–Crippen MR) is 103 cm³/mol. The van der Waals surface area contributed by atoms with E-state index in [1.54, 1.807) is 35.2 Å². The fourth-order valence-electron chi connectivity index (χ4n) is 2.56. The van der Waals surface area contributed by atoms with Crippen molar-refractivity contribution in [2.75, 3.05) is 13.1 Å². The molecule has 1 aliphatic heterocycles. The van der Waals surface area contributed by atoms with E-state index in [4.69, 9.17) is 4.74 Å². The SMILES string of the molecule is Cc1csc(SCc2ccccc2C(=O)O[C@H](C)C(=O)N2CCNC2=O)n1. The lowest BCUT2D eigenvalue weighted by molar-refractivity contribution is -0.136. The maximum absolute atomic E-state index is 12.6. The Bertz CT molecular complexity index is 868. The van der Waals surface area contributed by atoms with E-state index in [-0.39, 0.29) is 6.54 Å². The van der Waals surface area contributed by atoms with Crippen LogP contribution in [0.1, 0.15) is 28.5 Å². The molecule has 1 saturated heterocycles. The van der Waals surface area contributed by atoms with Crippen molar-refractivity contribution in [3.8, 4) is 0 Å². The monoisotopic (exact) mass is 405 g/mol. The second-order valence-electron chi connectivity index (χ2n) is 5.97. The van der Waals surface area contributed by atoms with Crippen LogP contribution in [0.4, 0.5) is 4.79 Å². The van der Waals surface area contributed by atoms with Crippen molar-refractivity contribution in [3.63, 3.8) is 0 Å². The average Bonchev–Trinajstić information content (AvgIpc) is 3.27. The highest BCUT2D eigenvalue weighted by Gasteiger charge is 2.32. The van der Waals surface area contributed by atoms with Crippen LogP contribution in [-0.4, -0.2) is 47.0 Å². The molecule has 1 aromatic heterocycles. The Kier molecular flexibility index (Phi) is 6.12. The Labute approximate surface area is 165 Å².